The van der Waals surface area contributed by atoms with Crippen LogP contribution in [0.15, 0.2) is 35.1 Å². The topological polar surface area (TPSA) is 63.1 Å². The summed E-state index contributed by atoms with van der Waals surface area (Å²) in [5.74, 6) is -0.0257. The van der Waals surface area contributed by atoms with Crippen LogP contribution >= 0.6 is 0 Å². The molecule has 1 aliphatic carbocycles. The predicted octanol–water partition coefficient (Wildman–Crippen LogP) is 1.62. The number of benzene rings is 1. The number of carbonyl (C=O) groups excluding carboxylic acids is 1. The number of anilines is 1. The lowest BCUT2D eigenvalue weighted by atomic mass is 10.1. The Balaban J connectivity index is 1.91. The van der Waals surface area contributed by atoms with Crippen molar-refractivity contribution >= 4 is 22.5 Å². The fourth-order valence-electron chi connectivity index (χ4n) is 2.38. The third-order valence-electron chi connectivity index (χ3n) is 3.84. The molecule has 5 heteroatoms. The molecule has 0 saturated heterocycles. The number of hydrogen-bond donors (Lipinski definition) is 2. The molecule has 1 unspecified atom stereocenters. The van der Waals surface area contributed by atoms with E-state index in [1.165, 1.54) is 0 Å². The molecule has 1 heterocycles. The van der Waals surface area contributed by atoms with Gasteiger partial charge >= 0.3 is 0 Å². The highest BCUT2D eigenvalue weighted by Crippen LogP contribution is 2.22. The summed E-state index contributed by atoms with van der Waals surface area (Å²) < 4.78 is 1.61. The fourth-order valence-corrected chi connectivity index (χ4v) is 2.38. The average molecular weight is 285 g/mol. The zero-order valence-electron chi connectivity index (χ0n) is 12.2. The lowest BCUT2D eigenvalue weighted by Crippen LogP contribution is -2.39. The van der Waals surface area contributed by atoms with Crippen LogP contribution in [0.1, 0.15) is 19.8 Å². The maximum absolute atomic E-state index is 12.0. The molecule has 5 nitrogen and oxygen atoms in total. The molecule has 1 amide bonds. The summed E-state index contributed by atoms with van der Waals surface area (Å²) in [6.07, 6.45) is 2.13. The lowest BCUT2D eigenvalue weighted by molar-refractivity contribution is -0.121. The maximum atomic E-state index is 12.0. The van der Waals surface area contributed by atoms with Gasteiger partial charge in [-0.2, -0.15) is 0 Å². The van der Waals surface area contributed by atoms with Gasteiger partial charge in [0.15, 0.2) is 0 Å². The Labute approximate surface area is 123 Å². The highest BCUT2D eigenvalue weighted by molar-refractivity contribution is 5.94. The van der Waals surface area contributed by atoms with Crippen molar-refractivity contribution in [2.75, 3.05) is 5.32 Å². The summed E-state index contributed by atoms with van der Waals surface area (Å²) in [4.78, 5) is 24.0. The molecular weight excluding hydrogens is 266 g/mol. The molecule has 0 bridgehead atoms. The standard InChI is InChI=1S/C16H19N3O2/c1-10(16(21)18-11-7-8-11)17-13-9-15(20)19(2)14-6-4-3-5-12(13)14/h3-6,9-11,17H,7-8H2,1-2H3,(H,18,21). The Morgan fingerprint density at radius 3 is 2.76 bits per heavy atom. The second-order valence-electron chi connectivity index (χ2n) is 5.62. The summed E-state index contributed by atoms with van der Waals surface area (Å²) in [7, 11) is 1.75. The number of fused-ring (bicyclic) bond motifs is 1. The van der Waals surface area contributed by atoms with Crippen molar-refractivity contribution in [3.8, 4) is 0 Å². The third kappa shape index (κ3) is 2.77. The maximum Gasteiger partial charge on any atom is 0.252 e. The van der Waals surface area contributed by atoms with Crippen molar-refractivity contribution in [3.63, 3.8) is 0 Å². The minimum atomic E-state index is -0.374. The normalized spacial score (nSPS) is 15.7. The van der Waals surface area contributed by atoms with Crippen molar-refractivity contribution < 1.29 is 4.79 Å². The van der Waals surface area contributed by atoms with E-state index in [4.69, 9.17) is 0 Å². The van der Waals surface area contributed by atoms with E-state index >= 15 is 0 Å². The van der Waals surface area contributed by atoms with Crippen LogP contribution in [0.5, 0.6) is 0 Å². The Morgan fingerprint density at radius 2 is 2.05 bits per heavy atom. The van der Waals surface area contributed by atoms with Crippen LogP contribution < -0.4 is 16.2 Å². The summed E-state index contributed by atoms with van der Waals surface area (Å²) >= 11 is 0. The van der Waals surface area contributed by atoms with E-state index in [0.717, 1.165) is 23.7 Å². The van der Waals surface area contributed by atoms with Gasteiger partial charge in [-0.15, -0.1) is 0 Å². The Bertz CT molecular complexity index is 747. The van der Waals surface area contributed by atoms with Gasteiger partial charge in [-0.1, -0.05) is 18.2 Å². The molecule has 1 aromatic heterocycles. The van der Waals surface area contributed by atoms with Gasteiger partial charge in [-0.3, -0.25) is 9.59 Å². The number of aryl methyl sites for hydroxylation is 1. The molecule has 1 aliphatic rings. The minimum Gasteiger partial charge on any atom is -0.373 e. The highest BCUT2D eigenvalue weighted by atomic mass is 16.2. The van der Waals surface area contributed by atoms with Crippen LogP contribution in [0.3, 0.4) is 0 Å². The Morgan fingerprint density at radius 1 is 1.33 bits per heavy atom. The average Bonchev–Trinajstić information content (AvgIpc) is 3.28. The minimum absolute atomic E-state index is 0.0257. The first-order valence-corrected chi connectivity index (χ1v) is 7.22. The molecule has 1 aromatic carbocycles. The molecule has 0 aliphatic heterocycles. The third-order valence-corrected chi connectivity index (χ3v) is 3.84. The fraction of sp³-hybridized carbons (Fsp3) is 0.375. The number of rotatable bonds is 4. The van der Waals surface area contributed by atoms with E-state index < -0.39 is 0 Å². The molecule has 2 N–H and O–H groups in total. The number of pyridine rings is 1. The largest absolute Gasteiger partial charge is 0.373 e. The monoisotopic (exact) mass is 285 g/mol. The van der Waals surface area contributed by atoms with Crippen molar-refractivity contribution in [3.05, 3.63) is 40.7 Å². The van der Waals surface area contributed by atoms with E-state index in [0.29, 0.717) is 11.7 Å². The van der Waals surface area contributed by atoms with Crippen LogP contribution in [0.25, 0.3) is 10.9 Å². The Kier molecular flexibility index (Phi) is 3.41. The van der Waals surface area contributed by atoms with Gasteiger partial charge in [0.1, 0.15) is 6.04 Å². The first kappa shape index (κ1) is 13.7. The predicted molar refractivity (Wildman–Crippen MR) is 83.4 cm³/mol. The van der Waals surface area contributed by atoms with Crippen LogP contribution in [-0.2, 0) is 11.8 Å². The molecule has 1 fully saturated rings. The number of carbonyl (C=O) groups is 1. The van der Waals surface area contributed by atoms with Gasteiger partial charge in [0, 0.05) is 30.2 Å². The zero-order chi connectivity index (χ0) is 15.0. The first-order chi connectivity index (χ1) is 10.1. The second kappa shape index (κ2) is 5.24. The second-order valence-corrected chi connectivity index (χ2v) is 5.62. The molecule has 110 valence electrons. The van der Waals surface area contributed by atoms with Gasteiger partial charge in [0.2, 0.25) is 5.91 Å². The SMILES string of the molecule is CC(Nc1cc(=O)n(C)c2ccccc12)C(=O)NC1CC1. The summed E-state index contributed by atoms with van der Waals surface area (Å²) in [6, 6.07) is 9.17. The van der Waals surface area contributed by atoms with E-state index in [-0.39, 0.29) is 17.5 Å². The van der Waals surface area contributed by atoms with E-state index in [1.807, 2.05) is 31.2 Å². The molecule has 0 spiro atoms. The van der Waals surface area contributed by atoms with Gasteiger partial charge in [-0.25, -0.2) is 0 Å². The van der Waals surface area contributed by atoms with E-state index in [9.17, 15) is 9.59 Å². The summed E-state index contributed by atoms with van der Waals surface area (Å²) in [6.45, 7) is 1.81. The number of nitrogens with zero attached hydrogens (tertiary/aromatic N) is 1. The van der Waals surface area contributed by atoms with Crippen LogP contribution in [0.4, 0.5) is 5.69 Å². The van der Waals surface area contributed by atoms with Crippen molar-refractivity contribution in [2.24, 2.45) is 7.05 Å². The molecule has 3 rings (SSSR count). The number of aromatic nitrogens is 1. The first-order valence-electron chi connectivity index (χ1n) is 7.22. The van der Waals surface area contributed by atoms with Gasteiger partial charge in [-0.05, 0) is 25.8 Å². The highest BCUT2D eigenvalue weighted by Gasteiger charge is 2.25. The van der Waals surface area contributed by atoms with E-state index in [2.05, 4.69) is 10.6 Å². The van der Waals surface area contributed by atoms with Crippen molar-refractivity contribution in [2.45, 2.75) is 31.8 Å². The van der Waals surface area contributed by atoms with E-state index in [1.54, 1.807) is 17.7 Å². The number of amides is 1. The Hall–Kier alpha value is -2.30. The van der Waals surface area contributed by atoms with Gasteiger partial charge in [0.25, 0.3) is 5.56 Å². The van der Waals surface area contributed by atoms with Gasteiger partial charge < -0.3 is 15.2 Å². The van der Waals surface area contributed by atoms with Crippen molar-refractivity contribution in [1.82, 2.24) is 9.88 Å². The molecule has 21 heavy (non-hydrogen) atoms. The molecule has 1 saturated carbocycles. The number of hydrogen-bond acceptors (Lipinski definition) is 3. The van der Waals surface area contributed by atoms with Crippen LogP contribution in [0.2, 0.25) is 0 Å². The quantitative estimate of drug-likeness (QED) is 0.897. The lowest BCUT2D eigenvalue weighted by Gasteiger charge is -2.17. The van der Waals surface area contributed by atoms with Gasteiger partial charge in [0.05, 0.1) is 5.52 Å². The molecule has 0 radical (unpaired) electrons. The zero-order valence-corrected chi connectivity index (χ0v) is 12.2. The smallest absolute Gasteiger partial charge is 0.252 e. The molecule has 1 atom stereocenters. The summed E-state index contributed by atoms with van der Waals surface area (Å²) in [5.41, 5.74) is 1.46. The number of nitrogens with one attached hydrogen (secondary N) is 2. The summed E-state index contributed by atoms with van der Waals surface area (Å²) in [5, 5.41) is 7.06. The van der Waals surface area contributed by atoms with Crippen molar-refractivity contribution in [1.29, 1.82) is 0 Å². The molecule has 2 aromatic rings. The van der Waals surface area contributed by atoms with Crippen LogP contribution in [-0.4, -0.2) is 22.6 Å². The number of para-hydroxylation sites is 1. The van der Waals surface area contributed by atoms with Crippen LogP contribution in [0, 0.1) is 0 Å². The molecular formula is C16H19N3O2.